The summed E-state index contributed by atoms with van der Waals surface area (Å²) in [5.41, 5.74) is 6.42. The second kappa shape index (κ2) is 10.3. The van der Waals surface area contributed by atoms with Gasteiger partial charge in [-0.05, 0) is 79.0 Å². The van der Waals surface area contributed by atoms with Crippen molar-refractivity contribution < 1.29 is 35.5 Å². The highest BCUT2D eigenvalue weighted by atomic mass is 19.4. The Morgan fingerprint density at radius 1 is 1.02 bits per heavy atom. The number of nitrogens with two attached hydrogens (primary N) is 1. The number of methoxy groups -OCH3 is 1. The van der Waals surface area contributed by atoms with E-state index in [0.29, 0.717) is 36.4 Å². The normalized spacial score (nSPS) is 21.8. The van der Waals surface area contributed by atoms with Crippen LogP contribution in [0, 0.1) is 11.2 Å². The summed E-state index contributed by atoms with van der Waals surface area (Å²) in [7, 11) is 1.45. The molecule has 40 heavy (non-hydrogen) atoms. The highest BCUT2D eigenvalue weighted by Gasteiger charge is 2.41. The summed E-state index contributed by atoms with van der Waals surface area (Å²) in [6.45, 7) is 10.6. The second-order valence-electron chi connectivity index (χ2n) is 11.6. The molecule has 2 aliphatic rings. The minimum absolute atomic E-state index is 0.0171. The second-order valence-corrected chi connectivity index (χ2v) is 11.6. The number of nitrogens with zero attached hydrogens (tertiary/aromatic N) is 1. The van der Waals surface area contributed by atoms with Crippen molar-refractivity contribution in [1.82, 2.24) is 4.90 Å². The van der Waals surface area contributed by atoms with Crippen molar-refractivity contribution in [2.24, 2.45) is 5.41 Å². The topological polar surface area (TPSA) is 38.5 Å². The number of ether oxygens (including phenoxy) is 1. The maximum atomic E-state index is 14.2. The van der Waals surface area contributed by atoms with E-state index in [0.717, 1.165) is 29.7 Å². The summed E-state index contributed by atoms with van der Waals surface area (Å²) < 4.78 is 101. The Morgan fingerprint density at radius 2 is 1.62 bits per heavy atom. The van der Waals surface area contributed by atoms with Crippen LogP contribution in [0.4, 0.5) is 36.4 Å². The van der Waals surface area contributed by atoms with E-state index in [1.165, 1.54) is 13.2 Å². The lowest BCUT2D eigenvalue weighted by molar-refractivity contribution is -0.143. The molecule has 2 unspecified atom stereocenters. The predicted octanol–water partition coefficient (Wildman–Crippen LogP) is 8.81. The molecule has 1 heterocycles. The SMILES string of the molecule is C=C1CC(c2cc(C(F)(F)F)cc(C(F)(F)F)c2)C(C)N1CC1=C(c2cc(N)c(F)cc2OC)CCC(C)(C)C1. The minimum Gasteiger partial charge on any atom is -0.496 e. The zero-order chi connectivity index (χ0) is 29.8. The van der Waals surface area contributed by atoms with Gasteiger partial charge in [-0.25, -0.2) is 4.39 Å². The summed E-state index contributed by atoms with van der Waals surface area (Å²) >= 11 is 0. The quantitative estimate of drug-likeness (QED) is 0.288. The fourth-order valence-corrected chi connectivity index (χ4v) is 5.96. The van der Waals surface area contributed by atoms with Gasteiger partial charge in [0.15, 0.2) is 0 Å². The maximum absolute atomic E-state index is 14.2. The van der Waals surface area contributed by atoms with Gasteiger partial charge in [-0.1, -0.05) is 20.4 Å². The molecule has 1 saturated heterocycles. The van der Waals surface area contributed by atoms with Gasteiger partial charge >= 0.3 is 12.4 Å². The third-order valence-electron chi connectivity index (χ3n) is 8.15. The van der Waals surface area contributed by atoms with Crippen molar-refractivity contribution >= 4 is 11.3 Å². The van der Waals surface area contributed by atoms with Crippen LogP contribution in [0.2, 0.25) is 0 Å². The largest absolute Gasteiger partial charge is 0.496 e. The van der Waals surface area contributed by atoms with Gasteiger partial charge in [0.25, 0.3) is 0 Å². The Bertz CT molecular complexity index is 1310. The zero-order valence-electron chi connectivity index (χ0n) is 22.9. The Kier molecular flexibility index (Phi) is 7.71. The third kappa shape index (κ3) is 5.95. The van der Waals surface area contributed by atoms with Gasteiger partial charge in [0.05, 0.1) is 23.9 Å². The van der Waals surface area contributed by atoms with Gasteiger partial charge < -0.3 is 15.4 Å². The third-order valence-corrected chi connectivity index (χ3v) is 8.15. The summed E-state index contributed by atoms with van der Waals surface area (Å²) in [5, 5.41) is 0. The number of allylic oxidation sites excluding steroid dienone is 2. The standard InChI is InChI=1S/C30H33F7N2O/c1-16-8-23(18-9-20(29(32,33)34)11-21(10-18)30(35,36)37)17(2)39(16)15-19-14-28(3,4)7-6-22(19)24-12-26(38)25(31)13-27(24)40-5/h9-13,17,23H,1,6-8,14-15,38H2,2-5H3. The smallest absolute Gasteiger partial charge is 0.416 e. The van der Waals surface area contributed by atoms with E-state index >= 15 is 0 Å². The molecule has 2 N–H and O–H groups in total. The molecular weight excluding hydrogens is 537 g/mol. The van der Waals surface area contributed by atoms with Gasteiger partial charge in [0.1, 0.15) is 11.6 Å². The van der Waals surface area contributed by atoms with Crippen LogP contribution >= 0.6 is 0 Å². The van der Waals surface area contributed by atoms with Gasteiger partial charge in [-0.15, -0.1) is 0 Å². The molecule has 0 amide bonds. The lowest BCUT2D eigenvalue weighted by Crippen LogP contribution is -2.33. The Hall–Kier alpha value is -3.17. The van der Waals surface area contributed by atoms with Gasteiger partial charge in [0.2, 0.25) is 0 Å². The number of hydrogen-bond acceptors (Lipinski definition) is 3. The molecule has 0 saturated carbocycles. The Labute approximate surface area is 229 Å². The first-order valence-electron chi connectivity index (χ1n) is 13.0. The van der Waals surface area contributed by atoms with E-state index in [4.69, 9.17) is 10.5 Å². The molecule has 0 bridgehead atoms. The number of benzene rings is 2. The molecule has 0 spiro atoms. The average Bonchev–Trinajstić information content (AvgIpc) is 3.12. The maximum Gasteiger partial charge on any atom is 0.416 e. The van der Waals surface area contributed by atoms with Gasteiger partial charge in [0, 0.05) is 35.8 Å². The van der Waals surface area contributed by atoms with Crippen LogP contribution in [0.1, 0.15) is 74.6 Å². The Balaban J connectivity index is 1.74. The van der Waals surface area contributed by atoms with E-state index in [9.17, 15) is 30.7 Å². The van der Waals surface area contributed by atoms with E-state index in [-0.39, 0.29) is 29.2 Å². The molecule has 2 aromatic carbocycles. The lowest BCUT2D eigenvalue weighted by atomic mass is 9.72. The van der Waals surface area contributed by atoms with E-state index in [2.05, 4.69) is 20.4 Å². The number of halogens is 7. The minimum atomic E-state index is -4.92. The lowest BCUT2D eigenvalue weighted by Gasteiger charge is -2.37. The van der Waals surface area contributed by atoms with Crippen molar-refractivity contribution in [3.63, 3.8) is 0 Å². The summed E-state index contributed by atoms with van der Waals surface area (Å²) in [4.78, 5) is 1.95. The van der Waals surface area contributed by atoms with Crippen molar-refractivity contribution in [2.45, 2.75) is 70.8 Å². The summed E-state index contributed by atoms with van der Waals surface area (Å²) in [6, 6.07) is 4.15. The monoisotopic (exact) mass is 570 g/mol. The highest BCUT2D eigenvalue weighted by Crippen LogP contribution is 2.48. The van der Waals surface area contributed by atoms with Crippen LogP contribution in [0.15, 0.2) is 48.2 Å². The molecule has 1 fully saturated rings. The summed E-state index contributed by atoms with van der Waals surface area (Å²) in [6.07, 6.45) is -7.40. The van der Waals surface area contributed by atoms with Crippen molar-refractivity contribution in [2.75, 3.05) is 19.4 Å². The van der Waals surface area contributed by atoms with E-state index in [1.807, 2.05) is 4.90 Å². The van der Waals surface area contributed by atoms with Crippen LogP contribution in [0.3, 0.4) is 0 Å². The molecular formula is C30H33F7N2O. The number of likely N-dealkylation sites (tertiary alicyclic amines) is 1. The number of alkyl halides is 6. The number of hydrogen-bond donors (Lipinski definition) is 1. The molecule has 3 nitrogen and oxygen atoms in total. The first-order chi connectivity index (χ1) is 18.4. The van der Waals surface area contributed by atoms with Gasteiger partial charge in [-0.3, -0.25) is 0 Å². The molecule has 1 aliphatic heterocycles. The number of nitrogen functional groups attached to an aromatic ring is 1. The first kappa shape index (κ1) is 29.8. The summed E-state index contributed by atoms with van der Waals surface area (Å²) in [5.74, 6) is -0.871. The predicted molar refractivity (Wildman–Crippen MR) is 141 cm³/mol. The zero-order valence-corrected chi connectivity index (χ0v) is 22.9. The molecule has 1 aliphatic carbocycles. The molecule has 2 atom stereocenters. The fraction of sp³-hybridized carbons (Fsp3) is 0.467. The van der Waals surface area contributed by atoms with Gasteiger partial charge in [-0.2, -0.15) is 26.3 Å². The van der Waals surface area contributed by atoms with Crippen LogP contribution < -0.4 is 10.5 Å². The average molecular weight is 571 g/mol. The fourth-order valence-electron chi connectivity index (χ4n) is 5.96. The molecule has 2 aromatic rings. The number of anilines is 1. The molecule has 218 valence electrons. The van der Waals surface area contributed by atoms with Crippen LogP contribution in [0.5, 0.6) is 5.75 Å². The van der Waals surface area contributed by atoms with Crippen molar-refractivity contribution in [3.8, 4) is 5.75 Å². The molecule has 0 aromatic heterocycles. The van der Waals surface area contributed by atoms with Crippen molar-refractivity contribution in [1.29, 1.82) is 0 Å². The molecule has 4 rings (SSSR count). The van der Waals surface area contributed by atoms with E-state index < -0.39 is 41.3 Å². The van der Waals surface area contributed by atoms with Crippen LogP contribution in [-0.2, 0) is 12.4 Å². The highest BCUT2D eigenvalue weighted by molar-refractivity contribution is 5.76. The first-order valence-corrected chi connectivity index (χ1v) is 13.0. The van der Waals surface area contributed by atoms with Crippen LogP contribution in [0.25, 0.3) is 5.57 Å². The molecule has 0 radical (unpaired) electrons. The number of rotatable bonds is 5. The Morgan fingerprint density at radius 3 is 2.17 bits per heavy atom. The van der Waals surface area contributed by atoms with Crippen LogP contribution in [-0.4, -0.2) is 24.6 Å². The molecule has 10 heteroatoms. The van der Waals surface area contributed by atoms with Crippen molar-refractivity contribution in [3.05, 3.63) is 76.3 Å². The van der Waals surface area contributed by atoms with E-state index in [1.54, 1.807) is 13.0 Å².